The lowest BCUT2D eigenvalue weighted by Crippen LogP contribution is -2.39. The van der Waals surface area contributed by atoms with Gasteiger partial charge in [0.25, 0.3) is 0 Å². The van der Waals surface area contributed by atoms with E-state index in [1.807, 2.05) is 6.08 Å². The van der Waals surface area contributed by atoms with Crippen molar-refractivity contribution < 1.29 is 28.5 Å². The molecule has 2 rings (SSSR count). The molecular weight excluding hydrogens is 264 g/mol. The first-order chi connectivity index (χ1) is 9.62. The van der Waals surface area contributed by atoms with Gasteiger partial charge >= 0.3 is 11.9 Å². The lowest BCUT2D eigenvalue weighted by Gasteiger charge is -2.26. The molecule has 0 unspecified atom stereocenters. The predicted octanol–water partition coefficient (Wildman–Crippen LogP) is 1.33. The molecule has 0 aromatic rings. The van der Waals surface area contributed by atoms with Crippen molar-refractivity contribution in [3.8, 4) is 0 Å². The zero-order chi connectivity index (χ0) is 14.6. The van der Waals surface area contributed by atoms with E-state index in [-0.39, 0.29) is 13.2 Å². The molecule has 0 radical (unpaired) electrons. The van der Waals surface area contributed by atoms with Crippen LogP contribution in [-0.4, -0.2) is 43.1 Å². The molecule has 20 heavy (non-hydrogen) atoms. The average Bonchev–Trinajstić information content (AvgIpc) is 2.80. The van der Waals surface area contributed by atoms with Crippen LogP contribution in [0, 0.1) is 0 Å². The van der Waals surface area contributed by atoms with Gasteiger partial charge in [-0.15, -0.1) is 0 Å². The maximum atomic E-state index is 11.9. The molecule has 2 atom stereocenters. The molecule has 6 heteroatoms. The summed E-state index contributed by atoms with van der Waals surface area (Å²) < 4.78 is 21.3. The summed E-state index contributed by atoms with van der Waals surface area (Å²) in [5.41, 5.74) is 0. The van der Waals surface area contributed by atoms with E-state index in [2.05, 4.69) is 0 Å². The lowest BCUT2D eigenvalue weighted by atomic mass is 10.0. The highest BCUT2D eigenvalue weighted by molar-refractivity contribution is 5.86. The summed E-state index contributed by atoms with van der Waals surface area (Å²) in [6.07, 6.45) is 3.97. The van der Waals surface area contributed by atoms with Gasteiger partial charge in [-0.3, -0.25) is 0 Å². The van der Waals surface area contributed by atoms with Gasteiger partial charge in [0.1, 0.15) is 0 Å². The van der Waals surface area contributed by atoms with Gasteiger partial charge in [-0.1, -0.05) is 6.08 Å². The van der Waals surface area contributed by atoms with Crippen molar-refractivity contribution in [3.05, 3.63) is 12.2 Å². The molecule has 0 saturated carbocycles. The van der Waals surface area contributed by atoms with Crippen LogP contribution in [0.1, 0.15) is 33.1 Å². The Labute approximate surface area is 118 Å². The Hall–Kier alpha value is -1.40. The van der Waals surface area contributed by atoms with Gasteiger partial charge in [-0.05, 0) is 32.8 Å². The van der Waals surface area contributed by atoms with Crippen LogP contribution in [0.5, 0.6) is 0 Å². The van der Waals surface area contributed by atoms with Crippen molar-refractivity contribution in [3.63, 3.8) is 0 Å². The van der Waals surface area contributed by atoms with E-state index in [1.54, 1.807) is 19.9 Å². The first kappa shape index (κ1) is 15.0. The van der Waals surface area contributed by atoms with E-state index in [9.17, 15) is 9.59 Å². The fourth-order valence-electron chi connectivity index (χ4n) is 2.38. The van der Waals surface area contributed by atoms with E-state index in [4.69, 9.17) is 18.9 Å². The van der Waals surface area contributed by atoms with Gasteiger partial charge in [0.2, 0.25) is 0 Å². The minimum Gasteiger partial charge on any atom is -0.464 e. The second kappa shape index (κ2) is 6.37. The number of carbonyl (C=O) groups excluding carboxylic acids is 2. The summed E-state index contributed by atoms with van der Waals surface area (Å²) in [6, 6.07) is 0. The molecular formula is C14H20O6. The fourth-order valence-corrected chi connectivity index (χ4v) is 2.38. The molecule has 0 N–H and O–H groups in total. The second-order valence-corrected chi connectivity index (χ2v) is 4.69. The molecule has 0 amide bonds. The van der Waals surface area contributed by atoms with Gasteiger partial charge in [-0.25, -0.2) is 9.59 Å². The SMILES string of the molecule is CCOC(=O)[C@H]1OC2(C=CCCC2)O[C@@H]1C(=O)OCC. The van der Waals surface area contributed by atoms with Gasteiger partial charge in [0.05, 0.1) is 13.2 Å². The fraction of sp³-hybridized carbons (Fsp3) is 0.714. The number of allylic oxidation sites excluding steroid dienone is 1. The van der Waals surface area contributed by atoms with Crippen LogP contribution in [0.2, 0.25) is 0 Å². The summed E-state index contributed by atoms with van der Waals surface area (Å²) in [5, 5.41) is 0. The average molecular weight is 284 g/mol. The summed E-state index contributed by atoms with van der Waals surface area (Å²) in [7, 11) is 0. The summed E-state index contributed by atoms with van der Waals surface area (Å²) in [6.45, 7) is 3.83. The molecule has 6 nitrogen and oxygen atoms in total. The van der Waals surface area contributed by atoms with Crippen LogP contribution in [-0.2, 0) is 28.5 Å². The summed E-state index contributed by atoms with van der Waals surface area (Å²) in [5.74, 6) is -2.20. The van der Waals surface area contributed by atoms with Gasteiger partial charge in [0.15, 0.2) is 18.0 Å². The molecule has 112 valence electrons. The number of carbonyl (C=O) groups is 2. The van der Waals surface area contributed by atoms with Crippen LogP contribution in [0.3, 0.4) is 0 Å². The molecule has 0 aromatic carbocycles. The Kier molecular flexibility index (Phi) is 4.77. The number of rotatable bonds is 4. The first-order valence-corrected chi connectivity index (χ1v) is 6.98. The molecule has 1 saturated heterocycles. The van der Waals surface area contributed by atoms with Crippen molar-refractivity contribution in [1.82, 2.24) is 0 Å². The third-order valence-corrected chi connectivity index (χ3v) is 3.23. The van der Waals surface area contributed by atoms with Crippen molar-refractivity contribution in [2.24, 2.45) is 0 Å². The van der Waals surface area contributed by atoms with Crippen LogP contribution in [0.4, 0.5) is 0 Å². The Morgan fingerprint density at radius 3 is 2.10 bits per heavy atom. The Bertz CT molecular complexity index is 376. The van der Waals surface area contributed by atoms with E-state index >= 15 is 0 Å². The first-order valence-electron chi connectivity index (χ1n) is 6.98. The number of esters is 2. The number of hydrogen-bond acceptors (Lipinski definition) is 6. The minimum absolute atomic E-state index is 0.219. The molecule has 1 aliphatic heterocycles. The third kappa shape index (κ3) is 3.02. The molecule has 1 heterocycles. The molecule has 0 aromatic heterocycles. The second-order valence-electron chi connectivity index (χ2n) is 4.69. The van der Waals surface area contributed by atoms with Gasteiger partial charge in [0, 0.05) is 6.42 Å². The monoisotopic (exact) mass is 284 g/mol. The number of ether oxygens (including phenoxy) is 4. The van der Waals surface area contributed by atoms with E-state index in [1.165, 1.54) is 0 Å². The van der Waals surface area contributed by atoms with Crippen LogP contribution in [0.25, 0.3) is 0 Å². The maximum Gasteiger partial charge on any atom is 0.338 e. The van der Waals surface area contributed by atoms with Crippen molar-refractivity contribution in [2.45, 2.75) is 51.1 Å². The highest BCUT2D eigenvalue weighted by Crippen LogP contribution is 2.37. The van der Waals surface area contributed by atoms with Crippen LogP contribution in [0.15, 0.2) is 12.2 Å². The standard InChI is InChI=1S/C14H20O6/c1-3-17-12(15)10-11(13(16)18-4-2)20-14(19-10)8-6-5-7-9-14/h6,8,10-11H,3-5,7,9H2,1-2H3/t10-,11-/m0/s1. The largest absolute Gasteiger partial charge is 0.464 e. The zero-order valence-corrected chi connectivity index (χ0v) is 11.8. The van der Waals surface area contributed by atoms with E-state index in [0.29, 0.717) is 6.42 Å². The number of hydrogen-bond donors (Lipinski definition) is 0. The van der Waals surface area contributed by atoms with Crippen molar-refractivity contribution in [1.29, 1.82) is 0 Å². The molecule has 1 aliphatic carbocycles. The van der Waals surface area contributed by atoms with Crippen LogP contribution >= 0.6 is 0 Å². The van der Waals surface area contributed by atoms with E-state index in [0.717, 1.165) is 12.8 Å². The summed E-state index contributed by atoms with van der Waals surface area (Å²) >= 11 is 0. The predicted molar refractivity (Wildman–Crippen MR) is 68.7 cm³/mol. The van der Waals surface area contributed by atoms with E-state index < -0.39 is 29.9 Å². The molecule has 1 spiro atoms. The Balaban J connectivity index is 2.17. The third-order valence-electron chi connectivity index (χ3n) is 3.23. The zero-order valence-electron chi connectivity index (χ0n) is 11.8. The highest BCUT2D eigenvalue weighted by atomic mass is 16.8. The lowest BCUT2D eigenvalue weighted by molar-refractivity contribution is -0.171. The molecule has 2 aliphatic rings. The topological polar surface area (TPSA) is 71.1 Å². The molecule has 1 fully saturated rings. The normalized spacial score (nSPS) is 27.5. The van der Waals surface area contributed by atoms with Gasteiger partial charge in [-0.2, -0.15) is 0 Å². The maximum absolute atomic E-state index is 11.9. The summed E-state index contributed by atoms with van der Waals surface area (Å²) in [4.78, 5) is 23.9. The highest BCUT2D eigenvalue weighted by Gasteiger charge is 2.53. The smallest absolute Gasteiger partial charge is 0.338 e. The van der Waals surface area contributed by atoms with Gasteiger partial charge < -0.3 is 18.9 Å². The van der Waals surface area contributed by atoms with Crippen molar-refractivity contribution >= 4 is 11.9 Å². The quantitative estimate of drug-likeness (QED) is 0.573. The Morgan fingerprint density at radius 1 is 1.15 bits per heavy atom. The minimum atomic E-state index is -1.07. The molecule has 0 bridgehead atoms. The Morgan fingerprint density at radius 2 is 1.70 bits per heavy atom. The van der Waals surface area contributed by atoms with Crippen LogP contribution < -0.4 is 0 Å². The van der Waals surface area contributed by atoms with Crippen molar-refractivity contribution in [2.75, 3.05) is 13.2 Å².